The second-order valence-corrected chi connectivity index (χ2v) is 9.60. The monoisotopic (exact) mass is 464 g/mol. The smallest absolute Gasteiger partial charge is 0.250 e. The zero-order chi connectivity index (χ0) is 19.3. The van der Waals surface area contributed by atoms with E-state index in [1.54, 1.807) is 35.7 Å². The van der Waals surface area contributed by atoms with Crippen LogP contribution in [0.2, 0.25) is 0 Å². The average Bonchev–Trinajstić information content (AvgIpc) is 3.19. The summed E-state index contributed by atoms with van der Waals surface area (Å²) in [4.78, 5) is 12.8. The standard InChI is InChI=1S/C19H17BrN2O3S2/c20-15-8-10-16(11-9-15)21-19(23)17(13-14-5-2-1-3-6-14)22-27(24,25)18-7-4-12-26-18/h1-12,17,22H,13H2,(H,21,23)/t17-/m1/s1. The van der Waals surface area contributed by atoms with Crippen molar-refractivity contribution in [3.05, 3.63) is 82.1 Å². The Morgan fingerprint density at radius 2 is 1.70 bits per heavy atom. The van der Waals surface area contributed by atoms with Crippen LogP contribution in [-0.4, -0.2) is 20.4 Å². The van der Waals surface area contributed by atoms with Crippen LogP contribution >= 0.6 is 27.3 Å². The van der Waals surface area contributed by atoms with E-state index < -0.39 is 22.0 Å². The van der Waals surface area contributed by atoms with E-state index >= 15 is 0 Å². The van der Waals surface area contributed by atoms with Crippen LogP contribution in [0.15, 0.2) is 80.8 Å². The third kappa shape index (κ3) is 5.49. The Labute approximate surface area is 170 Å². The number of benzene rings is 2. The van der Waals surface area contributed by atoms with Crippen molar-refractivity contribution in [2.75, 3.05) is 5.32 Å². The molecule has 0 radical (unpaired) electrons. The first kappa shape index (κ1) is 19.8. The number of anilines is 1. The predicted molar refractivity (Wildman–Crippen MR) is 111 cm³/mol. The first-order valence-electron chi connectivity index (χ1n) is 8.10. The van der Waals surface area contributed by atoms with Gasteiger partial charge in [0.25, 0.3) is 10.0 Å². The largest absolute Gasteiger partial charge is 0.325 e. The molecule has 27 heavy (non-hydrogen) atoms. The molecular formula is C19H17BrN2O3S2. The second-order valence-electron chi connectivity index (χ2n) is 5.79. The Morgan fingerprint density at radius 3 is 2.33 bits per heavy atom. The van der Waals surface area contributed by atoms with Gasteiger partial charge in [-0.15, -0.1) is 11.3 Å². The first-order valence-corrected chi connectivity index (χ1v) is 11.3. The Balaban J connectivity index is 1.82. The zero-order valence-electron chi connectivity index (χ0n) is 14.1. The van der Waals surface area contributed by atoms with Gasteiger partial charge in [0.15, 0.2) is 0 Å². The molecule has 2 N–H and O–H groups in total. The molecule has 140 valence electrons. The molecule has 3 rings (SSSR count). The molecule has 1 atom stereocenters. The van der Waals surface area contributed by atoms with E-state index in [1.807, 2.05) is 30.3 Å². The molecule has 1 amide bonds. The highest BCUT2D eigenvalue weighted by Gasteiger charge is 2.26. The van der Waals surface area contributed by atoms with Crippen molar-refractivity contribution < 1.29 is 13.2 Å². The number of nitrogens with one attached hydrogen (secondary N) is 2. The minimum Gasteiger partial charge on any atom is -0.325 e. The third-order valence-electron chi connectivity index (χ3n) is 3.77. The summed E-state index contributed by atoms with van der Waals surface area (Å²) in [5.74, 6) is -0.415. The summed E-state index contributed by atoms with van der Waals surface area (Å²) in [7, 11) is -3.78. The number of thiophene rings is 1. The highest BCUT2D eigenvalue weighted by Crippen LogP contribution is 2.18. The number of carbonyl (C=O) groups is 1. The van der Waals surface area contributed by atoms with Gasteiger partial charge in [0.2, 0.25) is 5.91 Å². The van der Waals surface area contributed by atoms with Crippen molar-refractivity contribution in [2.24, 2.45) is 0 Å². The van der Waals surface area contributed by atoms with Gasteiger partial charge in [-0.05, 0) is 47.7 Å². The molecule has 0 saturated heterocycles. The molecule has 0 bridgehead atoms. The molecule has 0 aliphatic heterocycles. The summed E-state index contributed by atoms with van der Waals surface area (Å²) in [5.41, 5.74) is 1.46. The summed E-state index contributed by atoms with van der Waals surface area (Å²) >= 11 is 4.45. The van der Waals surface area contributed by atoms with Crippen LogP contribution in [0.1, 0.15) is 5.56 Å². The summed E-state index contributed by atoms with van der Waals surface area (Å²) in [6.45, 7) is 0. The van der Waals surface area contributed by atoms with Crippen LogP contribution in [0, 0.1) is 0 Å². The molecule has 0 fully saturated rings. The van der Waals surface area contributed by atoms with E-state index in [2.05, 4.69) is 26.0 Å². The van der Waals surface area contributed by atoms with Crippen molar-refractivity contribution in [1.82, 2.24) is 4.72 Å². The molecule has 2 aromatic carbocycles. The van der Waals surface area contributed by atoms with Gasteiger partial charge >= 0.3 is 0 Å². The van der Waals surface area contributed by atoms with Gasteiger partial charge < -0.3 is 5.32 Å². The molecule has 8 heteroatoms. The maximum atomic E-state index is 12.8. The van der Waals surface area contributed by atoms with Gasteiger partial charge in [-0.1, -0.05) is 52.3 Å². The summed E-state index contributed by atoms with van der Waals surface area (Å²) in [5, 5.41) is 4.46. The highest BCUT2D eigenvalue weighted by molar-refractivity contribution is 9.10. The molecule has 0 unspecified atom stereocenters. The molecule has 0 aliphatic carbocycles. The van der Waals surface area contributed by atoms with Crippen LogP contribution in [0.4, 0.5) is 5.69 Å². The number of amides is 1. The lowest BCUT2D eigenvalue weighted by Gasteiger charge is -2.18. The fraction of sp³-hybridized carbons (Fsp3) is 0.105. The van der Waals surface area contributed by atoms with Crippen molar-refractivity contribution in [3.8, 4) is 0 Å². The SMILES string of the molecule is O=C(Nc1ccc(Br)cc1)[C@@H](Cc1ccccc1)NS(=O)(=O)c1cccs1. The van der Waals surface area contributed by atoms with Gasteiger partial charge in [-0.25, -0.2) is 8.42 Å². The van der Waals surface area contributed by atoms with E-state index in [0.717, 1.165) is 21.4 Å². The first-order chi connectivity index (χ1) is 12.9. The molecule has 1 heterocycles. The molecule has 0 saturated carbocycles. The van der Waals surface area contributed by atoms with Gasteiger partial charge in [-0.2, -0.15) is 4.72 Å². The average molecular weight is 465 g/mol. The lowest BCUT2D eigenvalue weighted by Crippen LogP contribution is -2.45. The Bertz CT molecular complexity index is 989. The van der Waals surface area contributed by atoms with Gasteiger partial charge in [0, 0.05) is 10.2 Å². The number of sulfonamides is 1. The molecular weight excluding hydrogens is 448 g/mol. The van der Waals surface area contributed by atoms with E-state index in [-0.39, 0.29) is 10.6 Å². The highest BCUT2D eigenvalue weighted by atomic mass is 79.9. The molecule has 1 aromatic heterocycles. The number of hydrogen-bond donors (Lipinski definition) is 2. The summed E-state index contributed by atoms with van der Waals surface area (Å²) < 4.78 is 28.8. The quantitative estimate of drug-likeness (QED) is 0.553. The van der Waals surface area contributed by atoms with Crippen molar-refractivity contribution in [2.45, 2.75) is 16.7 Å². The zero-order valence-corrected chi connectivity index (χ0v) is 17.4. The van der Waals surface area contributed by atoms with Gasteiger partial charge in [0.1, 0.15) is 10.3 Å². The van der Waals surface area contributed by atoms with E-state index in [1.165, 1.54) is 6.07 Å². The third-order valence-corrected chi connectivity index (χ3v) is 7.17. The maximum absolute atomic E-state index is 12.8. The summed E-state index contributed by atoms with van der Waals surface area (Å²) in [6, 6.07) is 18.6. The van der Waals surface area contributed by atoms with Crippen molar-refractivity contribution in [1.29, 1.82) is 0 Å². The topological polar surface area (TPSA) is 75.3 Å². The van der Waals surface area contributed by atoms with Crippen LogP contribution in [-0.2, 0) is 21.2 Å². The number of hydrogen-bond acceptors (Lipinski definition) is 4. The van der Waals surface area contributed by atoms with Gasteiger partial charge in [0.05, 0.1) is 0 Å². The minimum atomic E-state index is -3.78. The fourth-order valence-corrected chi connectivity index (χ4v) is 4.93. The number of halogens is 1. The Morgan fingerprint density at radius 1 is 1.00 bits per heavy atom. The maximum Gasteiger partial charge on any atom is 0.250 e. The molecule has 0 aliphatic rings. The normalized spacial score (nSPS) is 12.5. The lowest BCUT2D eigenvalue weighted by molar-refractivity contribution is -0.117. The predicted octanol–water partition coefficient (Wildman–Crippen LogP) is 4.04. The van der Waals surface area contributed by atoms with Crippen molar-refractivity contribution in [3.63, 3.8) is 0 Å². The fourth-order valence-electron chi connectivity index (χ4n) is 2.46. The van der Waals surface area contributed by atoms with Crippen LogP contribution in [0.5, 0.6) is 0 Å². The number of rotatable bonds is 7. The van der Waals surface area contributed by atoms with E-state index in [9.17, 15) is 13.2 Å². The minimum absolute atomic E-state index is 0.178. The van der Waals surface area contributed by atoms with Gasteiger partial charge in [-0.3, -0.25) is 4.79 Å². The lowest BCUT2D eigenvalue weighted by atomic mass is 10.1. The molecule has 3 aromatic rings. The second kappa shape index (κ2) is 8.79. The molecule has 5 nitrogen and oxygen atoms in total. The van der Waals surface area contributed by atoms with Crippen LogP contribution in [0.25, 0.3) is 0 Å². The number of carbonyl (C=O) groups excluding carboxylic acids is 1. The Hall–Kier alpha value is -2.00. The van der Waals surface area contributed by atoms with E-state index in [0.29, 0.717) is 5.69 Å². The Kier molecular flexibility index (Phi) is 6.43. The van der Waals surface area contributed by atoms with Crippen LogP contribution < -0.4 is 10.0 Å². The van der Waals surface area contributed by atoms with Crippen LogP contribution in [0.3, 0.4) is 0 Å². The van der Waals surface area contributed by atoms with E-state index in [4.69, 9.17) is 0 Å². The molecule has 0 spiro atoms. The summed E-state index contributed by atoms with van der Waals surface area (Å²) in [6.07, 6.45) is 0.244. The van der Waals surface area contributed by atoms with Crippen molar-refractivity contribution >= 4 is 48.9 Å².